The van der Waals surface area contributed by atoms with Gasteiger partial charge in [0.15, 0.2) is 0 Å². The second-order valence-corrected chi connectivity index (χ2v) is 27.6. The van der Waals surface area contributed by atoms with E-state index in [2.05, 4.69) is 161 Å². The van der Waals surface area contributed by atoms with Gasteiger partial charge in [0.25, 0.3) is 0 Å². The fourth-order valence-corrected chi connectivity index (χ4v) is 12.4. The Morgan fingerprint density at radius 3 is 0.739 bits per heavy atom. The molecule has 11 aromatic rings. The molecule has 0 amide bonds. The van der Waals surface area contributed by atoms with Crippen molar-refractivity contribution in [2.45, 2.75) is 98.3 Å². The predicted octanol–water partition coefficient (Wildman–Crippen LogP) is 11.8. The number of aromatic nitrogens is 8. The van der Waals surface area contributed by atoms with Crippen LogP contribution in [0.15, 0.2) is 146 Å². The average molecular weight is 1250 g/mol. The zero-order valence-corrected chi connectivity index (χ0v) is 53.4. The molecule has 0 unspecified atom stereocenters. The van der Waals surface area contributed by atoms with E-state index < -0.39 is 28.5 Å². The Bertz CT molecular complexity index is 4830. The summed E-state index contributed by atoms with van der Waals surface area (Å²) in [5, 5.41) is 2.56. The van der Waals surface area contributed by atoms with E-state index in [9.17, 15) is 0 Å². The van der Waals surface area contributed by atoms with Gasteiger partial charge < -0.3 is 67.1 Å². The minimum atomic E-state index is -0.707. The van der Waals surface area contributed by atoms with Crippen LogP contribution in [-0.4, -0.2) is 58.4 Å². The molecule has 17 rings (SSSR count). The fraction of sp³-hybridized carbons (Fsp3) is 0.211. The molecule has 6 aliphatic rings. The van der Waals surface area contributed by atoms with Gasteiger partial charge in [0.1, 0.15) is 46.0 Å². The molecule has 0 aliphatic carbocycles. The first-order chi connectivity index (χ1) is 43.6. The summed E-state index contributed by atoms with van der Waals surface area (Å²) >= 11 is 0. The van der Waals surface area contributed by atoms with Crippen LogP contribution in [0.3, 0.4) is 0 Å². The summed E-state index contributed by atoms with van der Waals surface area (Å²) in [6.45, 7) is 24.1. The van der Waals surface area contributed by atoms with Crippen molar-refractivity contribution in [2.75, 3.05) is 0 Å². The molecule has 0 saturated carbocycles. The summed E-state index contributed by atoms with van der Waals surface area (Å²) < 4.78 is 53.0. The molecular weight excluding hydrogens is 1190 g/mol. The molecule has 0 spiro atoms. The monoisotopic (exact) mass is 1250 g/mol. The molecule has 92 heavy (non-hydrogen) atoms. The number of fused-ring (bicyclic) bond motifs is 24. The van der Waals surface area contributed by atoms with Crippen LogP contribution >= 0.6 is 0 Å². The summed E-state index contributed by atoms with van der Waals surface area (Å²) in [4.78, 5) is 42.4. The first-order valence-corrected chi connectivity index (χ1v) is 30.8. The van der Waals surface area contributed by atoms with Gasteiger partial charge in [-0.25, -0.2) is 9.97 Å². The van der Waals surface area contributed by atoms with Crippen molar-refractivity contribution in [3.8, 4) is 91.5 Å². The van der Waals surface area contributed by atoms with Gasteiger partial charge in [-0.1, -0.05) is 173 Å². The fourth-order valence-electron chi connectivity index (χ4n) is 12.4. The normalized spacial score (nSPS) is 14.2. The third kappa shape index (κ3) is 9.68. The molecule has 21 heteroatoms. The maximum absolute atomic E-state index is 6.63. The summed E-state index contributed by atoms with van der Waals surface area (Å²) in [5.41, 5.74) is 12.1. The van der Waals surface area contributed by atoms with E-state index in [0.29, 0.717) is 142 Å². The molecule has 8 aromatic carbocycles. The van der Waals surface area contributed by atoms with E-state index in [-0.39, 0.29) is 32.7 Å². The van der Waals surface area contributed by atoms with Crippen LogP contribution in [0, 0.1) is 0 Å². The van der Waals surface area contributed by atoms with Crippen LogP contribution in [0.25, 0.3) is 89.7 Å². The Morgan fingerprint density at radius 2 is 0.522 bits per heavy atom. The van der Waals surface area contributed by atoms with Gasteiger partial charge in [-0.15, -0.1) is 0 Å². The number of nitrogens with zero attached hydrogens (tertiary/aromatic N) is 8. The molecule has 0 atom stereocenters. The van der Waals surface area contributed by atoms with Crippen LogP contribution in [0.1, 0.15) is 104 Å². The molecule has 3 aromatic heterocycles. The average Bonchev–Trinajstić information content (AvgIpc) is 1.60. The summed E-state index contributed by atoms with van der Waals surface area (Å²) in [6, 6.07) is 48.6. The maximum atomic E-state index is 6.63. The molecule has 16 nitrogen and oxygen atoms in total. The van der Waals surface area contributed by atoms with E-state index in [1.165, 1.54) is 22.3 Å². The van der Waals surface area contributed by atoms with Crippen molar-refractivity contribution in [1.82, 2.24) is 39.9 Å². The first-order valence-electron chi connectivity index (χ1n) is 30.8. The predicted molar refractivity (Wildman–Crippen MR) is 357 cm³/mol. The smallest absolute Gasteiger partial charge is 0.519 e. The Kier molecular flexibility index (Phi) is 12.9. The van der Waals surface area contributed by atoms with Crippen molar-refractivity contribution >= 4 is 94.5 Å². The minimum absolute atomic E-state index is 0. The van der Waals surface area contributed by atoms with E-state index in [0.717, 1.165) is 21.9 Å². The zero-order chi connectivity index (χ0) is 62.1. The molecule has 0 radical (unpaired) electrons. The van der Waals surface area contributed by atoms with Gasteiger partial charge in [0.2, 0.25) is 0 Å². The molecule has 9 heterocycles. The quantitative estimate of drug-likeness (QED) is 0.148. The van der Waals surface area contributed by atoms with E-state index in [4.69, 9.17) is 77.1 Å². The summed E-state index contributed by atoms with van der Waals surface area (Å²) in [7, 11) is -2.82. The van der Waals surface area contributed by atoms with Crippen molar-refractivity contribution in [3.05, 3.63) is 168 Å². The molecule has 6 aliphatic heterocycles. The largest absolute Gasteiger partial charge is 2.00 e. The Labute approximate surface area is 542 Å². The van der Waals surface area contributed by atoms with Crippen LogP contribution in [0.5, 0.6) is 46.0 Å². The van der Waals surface area contributed by atoms with Crippen molar-refractivity contribution < 1.29 is 53.7 Å². The number of benzene rings is 8. The van der Waals surface area contributed by atoms with Gasteiger partial charge in [-0.3, -0.25) is 0 Å². The summed E-state index contributed by atoms with van der Waals surface area (Å²) in [5.74, 6) is 5.85. The van der Waals surface area contributed by atoms with Gasteiger partial charge in [-0.05, 0) is 114 Å². The third-order valence-electron chi connectivity index (χ3n) is 17.9. The van der Waals surface area contributed by atoms with Crippen molar-refractivity contribution in [3.63, 3.8) is 0 Å². The van der Waals surface area contributed by atoms with Gasteiger partial charge in [-0.2, -0.15) is 0 Å². The number of hydrogen-bond donors (Lipinski definition) is 0. The van der Waals surface area contributed by atoms with Gasteiger partial charge in [0.05, 0.1) is 23.3 Å². The van der Waals surface area contributed by atoms with Gasteiger partial charge in [0, 0.05) is 66.7 Å². The van der Waals surface area contributed by atoms with E-state index in [1.54, 1.807) is 0 Å². The number of hydrogen-bond acceptors (Lipinski definition) is 14. The standard InChI is InChI=1S/C71H58B4N8O8.Ni/c1-36(2)37-12-20-41(21-13-37)72-84-53-28-45-46(29-54(53)85-72)62-76-61(45)77-63-47-30-55-57(88-73(86-55)42-22-14-38(15-23-42)69(3,4)5)32-49(47)65(79-63)81-67-51-34-59-60(91-75(90-59)44-26-18-40(19-27-44)71(9,10)11)35-52(51)68(83-67)82-66-50-33-58-56(31-48(50)64(78-62)80-66)87-74(89-58)43-24-16-39(17-25-43)70(6,7)8;/h12-36H,1-11H3;/q-2;+2. The Hall–Kier alpha value is -9.73. The number of rotatable bonds is 5. The second-order valence-electron chi connectivity index (χ2n) is 27.6. The van der Waals surface area contributed by atoms with Crippen LogP contribution in [0.2, 0.25) is 0 Å². The molecule has 0 saturated heterocycles. The topological polar surface area (TPSA) is 179 Å². The third-order valence-corrected chi connectivity index (χ3v) is 17.9. The molecule has 452 valence electrons. The van der Waals surface area contributed by atoms with E-state index >= 15 is 0 Å². The van der Waals surface area contributed by atoms with E-state index in [1.807, 2.05) is 60.7 Å². The molecule has 0 N–H and O–H groups in total. The van der Waals surface area contributed by atoms with Crippen molar-refractivity contribution in [2.24, 2.45) is 0 Å². The van der Waals surface area contributed by atoms with Crippen molar-refractivity contribution in [1.29, 1.82) is 0 Å². The van der Waals surface area contributed by atoms with Gasteiger partial charge >= 0.3 is 45.0 Å². The first kappa shape index (κ1) is 57.4. The molecule has 0 fully saturated rings. The van der Waals surface area contributed by atoms with Crippen LogP contribution in [-0.2, 0) is 32.7 Å². The summed E-state index contributed by atoms with van der Waals surface area (Å²) in [6.07, 6.45) is 0. The van der Waals surface area contributed by atoms with Crippen LogP contribution < -0.4 is 69.1 Å². The Balaban J connectivity index is 0.00000673. The Morgan fingerprint density at radius 1 is 0.304 bits per heavy atom. The molecular formula is C71H58B4N8NiO8. The maximum Gasteiger partial charge on any atom is 2.00 e. The SMILES string of the molecule is CC(C)c1ccc(B2Oc3cc4c(cc3O2)-c2nc-4nc3[n-]c(nc4nc(nc5[n-]c(n2)c2cc6c(cc52)OB(c2ccc(C(C)(C)C)cc2)O6)-c2cc5c(cc2-4)OB(c2ccc(C(C)(C)C)cc2)O5)c2cc4c(cc32)OB(c2ccc(C(C)(C)C)cc2)O4)cc1.[Ni+2]. The zero-order valence-electron chi connectivity index (χ0n) is 52.4. The second kappa shape index (κ2) is 20.6. The van der Waals surface area contributed by atoms with Crippen LogP contribution in [0.4, 0.5) is 0 Å². The molecule has 8 bridgehead atoms. The minimum Gasteiger partial charge on any atom is -0.519 e.